The number of halogens is 4. The predicted molar refractivity (Wildman–Crippen MR) is 112 cm³/mol. The van der Waals surface area contributed by atoms with E-state index in [1.54, 1.807) is 14.2 Å². The number of rotatable bonds is 4. The van der Waals surface area contributed by atoms with Crippen molar-refractivity contribution in [1.29, 1.82) is 0 Å². The highest BCUT2D eigenvalue weighted by Crippen LogP contribution is 2.51. The summed E-state index contributed by atoms with van der Waals surface area (Å²) in [6, 6.07) is -0.00720. The Morgan fingerprint density at radius 2 is 1.71 bits per heavy atom. The van der Waals surface area contributed by atoms with Crippen molar-refractivity contribution in [3.8, 4) is 0 Å². The van der Waals surface area contributed by atoms with Gasteiger partial charge in [0.1, 0.15) is 0 Å². The van der Waals surface area contributed by atoms with Gasteiger partial charge in [0.25, 0.3) is 0 Å². The van der Waals surface area contributed by atoms with Crippen molar-refractivity contribution >= 4 is 40.0 Å². The number of aliphatic imine (C=N–C) groups is 1. The van der Waals surface area contributed by atoms with Crippen LogP contribution < -0.4 is 10.6 Å². The van der Waals surface area contributed by atoms with E-state index in [0.717, 1.165) is 6.42 Å². The molecular formula is C16H30F3IN4O3S. The first-order valence-corrected chi connectivity index (χ1v) is 10.3. The zero-order valence-corrected chi connectivity index (χ0v) is 19.9. The van der Waals surface area contributed by atoms with Crippen LogP contribution in [0.4, 0.5) is 13.2 Å². The minimum atomic E-state index is -5.26. The molecule has 7 nitrogen and oxygen atoms in total. The number of nitrogens with zero attached hydrogens (tertiary/aromatic N) is 2. The van der Waals surface area contributed by atoms with Crippen molar-refractivity contribution < 1.29 is 26.3 Å². The van der Waals surface area contributed by atoms with E-state index in [1.807, 2.05) is 0 Å². The first-order chi connectivity index (χ1) is 12.3. The highest BCUT2D eigenvalue weighted by Gasteiger charge is 2.58. The Labute approximate surface area is 181 Å². The lowest BCUT2D eigenvalue weighted by atomic mass is 9.56. The van der Waals surface area contributed by atoms with Crippen molar-refractivity contribution in [3.63, 3.8) is 0 Å². The Balaban J connectivity index is 0.00000392. The first kappa shape index (κ1) is 25.7. The van der Waals surface area contributed by atoms with Crippen molar-refractivity contribution in [2.45, 2.75) is 63.2 Å². The molecule has 166 valence electrons. The van der Waals surface area contributed by atoms with Crippen LogP contribution in [0, 0.1) is 5.41 Å². The molecule has 1 saturated carbocycles. The lowest BCUT2D eigenvalue weighted by Crippen LogP contribution is -2.69. The Hall–Kier alpha value is -0.340. The van der Waals surface area contributed by atoms with Crippen molar-refractivity contribution in [2.75, 3.05) is 27.2 Å². The second kappa shape index (κ2) is 8.80. The average molecular weight is 542 g/mol. The maximum absolute atomic E-state index is 12.6. The van der Waals surface area contributed by atoms with Gasteiger partial charge in [-0.05, 0) is 26.2 Å². The van der Waals surface area contributed by atoms with Crippen LogP contribution in [0.25, 0.3) is 0 Å². The molecule has 1 aliphatic heterocycles. The number of methoxy groups -OCH3 is 1. The van der Waals surface area contributed by atoms with E-state index in [4.69, 9.17) is 4.74 Å². The molecule has 0 aromatic rings. The van der Waals surface area contributed by atoms with Gasteiger partial charge < -0.3 is 15.4 Å². The van der Waals surface area contributed by atoms with Gasteiger partial charge in [0.05, 0.1) is 5.60 Å². The average Bonchev–Trinajstić information content (AvgIpc) is 2.59. The molecule has 2 N–H and O–H groups in total. The Morgan fingerprint density at radius 1 is 1.18 bits per heavy atom. The fraction of sp³-hybridized carbons (Fsp3) is 0.938. The van der Waals surface area contributed by atoms with E-state index in [0.29, 0.717) is 10.3 Å². The maximum Gasteiger partial charge on any atom is 0.511 e. The third-order valence-electron chi connectivity index (χ3n) is 6.24. The molecule has 28 heavy (non-hydrogen) atoms. The van der Waals surface area contributed by atoms with Crippen LogP contribution >= 0.6 is 24.0 Å². The Bertz CT molecular complexity index is 679. The number of piperidine rings is 1. The molecule has 1 aliphatic carbocycles. The van der Waals surface area contributed by atoms with Gasteiger partial charge in [0, 0.05) is 44.7 Å². The lowest BCUT2D eigenvalue weighted by molar-refractivity contribution is -0.176. The highest BCUT2D eigenvalue weighted by atomic mass is 127. The maximum atomic E-state index is 12.6. The van der Waals surface area contributed by atoms with Gasteiger partial charge >= 0.3 is 15.5 Å². The first-order valence-electron chi connectivity index (χ1n) is 8.90. The van der Waals surface area contributed by atoms with E-state index >= 15 is 0 Å². The number of ether oxygens (including phenoxy) is 1. The second-order valence-corrected chi connectivity index (χ2v) is 9.83. The Morgan fingerprint density at radius 3 is 2.11 bits per heavy atom. The van der Waals surface area contributed by atoms with Gasteiger partial charge in [-0.1, -0.05) is 13.8 Å². The van der Waals surface area contributed by atoms with Crippen LogP contribution in [0.15, 0.2) is 4.99 Å². The summed E-state index contributed by atoms with van der Waals surface area (Å²) in [4.78, 5) is 4.19. The smallest absolute Gasteiger partial charge is 0.378 e. The summed E-state index contributed by atoms with van der Waals surface area (Å²) in [7, 11) is -1.94. The van der Waals surface area contributed by atoms with Crippen LogP contribution in [0.5, 0.6) is 0 Å². The van der Waals surface area contributed by atoms with E-state index < -0.39 is 15.5 Å². The van der Waals surface area contributed by atoms with Gasteiger partial charge in [0.2, 0.25) is 0 Å². The van der Waals surface area contributed by atoms with Gasteiger partial charge in [-0.15, -0.1) is 24.0 Å². The van der Waals surface area contributed by atoms with Crippen LogP contribution in [-0.4, -0.2) is 69.1 Å². The summed E-state index contributed by atoms with van der Waals surface area (Å²) in [5, 5.41) is 6.54. The molecule has 12 heteroatoms. The zero-order valence-electron chi connectivity index (χ0n) is 16.8. The van der Waals surface area contributed by atoms with Crippen molar-refractivity contribution in [2.24, 2.45) is 10.4 Å². The van der Waals surface area contributed by atoms with E-state index in [-0.39, 0.29) is 73.0 Å². The third-order valence-corrected chi connectivity index (χ3v) is 7.87. The van der Waals surface area contributed by atoms with Crippen molar-refractivity contribution in [1.82, 2.24) is 14.9 Å². The van der Waals surface area contributed by atoms with Crippen LogP contribution in [-0.2, 0) is 14.8 Å². The molecule has 2 atom stereocenters. The minimum absolute atomic E-state index is 0. The van der Waals surface area contributed by atoms with E-state index in [2.05, 4.69) is 36.4 Å². The SMILES string of the molecule is CN=C(NC1CCN(S(=O)(=O)C(F)(F)F)CC1)NC1CC(C)(OC)C1(C)C.I. The zero-order chi connectivity index (χ0) is 20.7. The molecular weight excluding hydrogens is 512 g/mol. The fourth-order valence-electron chi connectivity index (χ4n) is 3.64. The lowest BCUT2D eigenvalue weighted by Gasteiger charge is -2.59. The Kier molecular flexibility index (Phi) is 8.08. The molecule has 2 aliphatic rings. The molecule has 0 aromatic carbocycles. The second-order valence-electron chi connectivity index (χ2n) is 7.90. The van der Waals surface area contributed by atoms with Gasteiger partial charge in [0.15, 0.2) is 5.96 Å². The van der Waals surface area contributed by atoms with E-state index in [9.17, 15) is 21.6 Å². The summed E-state index contributed by atoms with van der Waals surface area (Å²) in [6.45, 7) is 5.91. The number of hydrogen-bond acceptors (Lipinski definition) is 4. The van der Waals surface area contributed by atoms with Crippen molar-refractivity contribution in [3.05, 3.63) is 0 Å². The monoisotopic (exact) mass is 542 g/mol. The summed E-state index contributed by atoms with van der Waals surface area (Å²) >= 11 is 0. The largest absolute Gasteiger partial charge is 0.511 e. The molecule has 0 radical (unpaired) electrons. The molecule has 1 heterocycles. The number of hydrogen-bond donors (Lipinski definition) is 2. The van der Waals surface area contributed by atoms with Crippen LogP contribution in [0.1, 0.15) is 40.0 Å². The molecule has 0 aromatic heterocycles. The molecule has 2 fully saturated rings. The molecule has 0 bridgehead atoms. The van der Waals surface area contributed by atoms with Gasteiger partial charge in [-0.3, -0.25) is 4.99 Å². The highest BCUT2D eigenvalue weighted by molar-refractivity contribution is 14.0. The summed E-state index contributed by atoms with van der Waals surface area (Å²) in [5.74, 6) is 0.559. The summed E-state index contributed by atoms with van der Waals surface area (Å²) < 4.78 is 67.0. The summed E-state index contributed by atoms with van der Waals surface area (Å²) in [5.41, 5.74) is -5.61. The topological polar surface area (TPSA) is 83.0 Å². The number of guanidine groups is 1. The minimum Gasteiger partial charge on any atom is -0.378 e. The number of nitrogens with one attached hydrogen (secondary N) is 2. The quantitative estimate of drug-likeness (QED) is 0.324. The van der Waals surface area contributed by atoms with Crippen LogP contribution in [0.2, 0.25) is 0 Å². The predicted octanol–water partition coefficient (Wildman–Crippen LogP) is 2.29. The molecule has 2 unspecified atom stereocenters. The number of alkyl halides is 3. The van der Waals surface area contributed by atoms with Gasteiger partial charge in [-0.25, -0.2) is 8.42 Å². The van der Waals surface area contributed by atoms with Crippen LogP contribution in [0.3, 0.4) is 0 Å². The molecule has 0 amide bonds. The summed E-state index contributed by atoms with van der Waals surface area (Å²) in [6.07, 6.45) is 1.36. The molecule has 1 saturated heterocycles. The van der Waals surface area contributed by atoms with E-state index in [1.165, 1.54) is 0 Å². The molecule has 0 spiro atoms. The third kappa shape index (κ3) is 4.69. The fourth-order valence-corrected chi connectivity index (χ4v) is 4.62. The molecule has 2 rings (SSSR count). The normalized spacial score (nSPS) is 29.6. The number of sulfonamides is 1. The van der Waals surface area contributed by atoms with Gasteiger partial charge in [-0.2, -0.15) is 17.5 Å². The standard InChI is InChI=1S/C16H29F3N4O3S.HI/c1-14(2)12(10-15(14,3)26-5)22-13(20-4)21-11-6-8-23(9-7-11)27(24,25)16(17,18)19;/h11-12H,6-10H2,1-5H3,(H2,20,21,22);1H.